The molecule has 1 saturated heterocycles. The number of carbonyl (C=O) groups is 1. The number of nitrogens with zero attached hydrogens (tertiary/aromatic N) is 3. The number of hydrogen-bond acceptors (Lipinski definition) is 4. The maximum absolute atomic E-state index is 12.4. The average Bonchev–Trinajstić information content (AvgIpc) is 2.92. The van der Waals surface area contributed by atoms with Crippen molar-refractivity contribution in [3.8, 4) is 0 Å². The van der Waals surface area contributed by atoms with Crippen LogP contribution in [0.4, 0.5) is 5.13 Å². The number of likely N-dealkylation sites (tertiary alicyclic amines) is 1. The zero-order chi connectivity index (χ0) is 14.8. The summed E-state index contributed by atoms with van der Waals surface area (Å²) in [4.78, 5) is 20.9. The molecular weight excluding hydrogens is 282 g/mol. The van der Waals surface area contributed by atoms with Crippen LogP contribution in [0, 0.1) is 5.92 Å². The lowest BCUT2D eigenvalue weighted by Crippen LogP contribution is -2.43. The minimum Gasteiger partial charge on any atom is -0.342 e. The Morgan fingerprint density at radius 2 is 2.10 bits per heavy atom. The molecule has 0 aliphatic carbocycles. The Hall–Kier alpha value is -1.62. The fourth-order valence-corrected chi connectivity index (χ4v) is 3.58. The van der Waals surface area contributed by atoms with E-state index in [-0.39, 0.29) is 5.91 Å². The molecule has 5 heteroatoms. The predicted octanol–water partition coefficient (Wildman–Crippen LogP) is 2.99. The van der Waals surface area contributed by atoms with Crippen molar-refractivity contribution in [3.05, 3.63) is 24.3 Å². The number of hydrogen-bond donors (Lipinski definition) is 0. The summed E-state index contributed by atoms with van der Waals surface area (Å²) in [7, 11) is 1.95. The number of rotatable bonds is 3. The Balaban J connectivity index is 1.65. The SMILES string of the molecule is CC1CCN(C(=O)CN(C)c2nc3ccccc3s2)CC1. The molecule has 0 atom stereocenters. The molecule has 1 aromatic heterocycles. The molecule has 1 amide bonds. The third-order valence-electron chi connectivity index (χ3n) is 4.12. The van der Waals surface area contributed by atoms with E-state index >= 15 is 0 Å². The molecule has 1 aliphatic heterocycles. The highest BCUT2D eigenvalue weighted by molar-refractivity contribution is 7.22. The molecule has 4 nitrogen and oxygen atoms in total. The first-order valence-corrected chi connectivity index (χ1v) is 8.29. The van der Waals surface area contributed by atoms with Crippen LogP contribution >= 0.6 is 11.3 Å². The molecule has 2 aromatic rings. The molecule has 1 aliphatic rings. The summed E-state index contributed by atoms with van der Waals surface area (Å²) in [6.07, 6.45) is 2.24. The topological polar surface area (TPSA) is 36.4 Å². The van der Waals surface area contributed by atoms with E-state index in [1.807, 2.05) is 35.0 Å². The number of benzene rings is 1. The summed E-state index contributed by atoms with van der Waals surface area (Å²) in [5.74, 6) is 0.958. The highest BCUT2D eigenvalue weighted by atomic mass is 32.1. The second-order valence-corrected chi connectivity index (χ2v) is 6.89. The predicted molar refractivity (Wildman–Crippen MR) is 87.9 cm³/mol. The molecule has 1 fully saturated rings. The summed E-state index contributed by atoms with van der Waals surface area (Å²) in [6.45, 7) is 4.46. The highest BCUT2D eigenvalue weighted by Gasteiger charge is 2.22. The van der Waals surface area contributed by atoms with Crippen LogP contribution in [0.2, 0.25) is 0 Å². The van der Waals surface area contributed by atoms with Crippen LogP contribution in [-0.2, 0) is 4.79 Å². The molecule has 1 aromatic carbocycles. The first-order chi connectivity index (χ1) is 10.1. The zero-order valence-electron chi connectivity index (χ0n) is 12.6. The van der Waals surface area contributed by atoms with E-state index in [0.29, 0.717) is 6.54 Å². The van der Waals surface area contributed by atoms with Gasteiger partial charge in [0.15, 0.2) is 5.13 Å². The van der Waals surface area contributed by atoms with Crippen LogP contribution in [0.5, 0.6) is 0 Å². The van der Waals surface area contributed by atoms with Gasteiger partial charge in [-0.25, -0.2) is 4.98 Å². The van der Waals surface area contributed by atoms with Gasteiger partial charge in [-0.3, -0.25) is 4.79 Å². The van der Waals surface area contributed by atoms with Gasteiger partial charge in [0.25, 0.3) is 0 Å². The Kier molecular flexibility index (Phi) is 4.10. The van der Waals surface area contributed by atoms with Crippen molar-refractivity contribution >= 4 is 32.6 Å². The largest absolute Gasteiger partial charge is 0.342 e. The van der Waals surface area contributed by atoms with Gasteiger partial charge in [-0.2, -0.15) is 0 Å². The Bertz CT molecular complexity index is 598. The van der Waals surface area contributed by atoms with Crippen LogP contribution in [-0.4, -0.2) is 42.5 Å². The van der Waals surface area contributed by atoms with E-state index in [4.69, 9.17) is 0 Å². The third kappa shape index (κ3) is 3.18. The van der Waals surface area contributed by atoms with Crippen molar-refractivity contribution in [3.63, 3.8) is 0 Å². The highest BCUT2D eigenvalue weighted by Crippen LogP contribution is 2.27. The molecule has 0 spiro atoms. The minimum absolute atomic E-state index is 0.212. The number of thiazole rings is 1. The van der Waals surface area contributed by atoms with Crippen molar-refractivity contribution in [1.82, 2.24) is 9.88 Å². The molecule has 2 heterocycles. The second kappa shape index (κ2) is 6.02. The lowest BCUT2D eigenvalue weighted by atomic mass is 9.99. The standard InChI is InChI=1S/C16H21N3OS/c1-12-7-9-19(10-8-12)15(20)11-18(2)16-17-13-5-3-4-6-14(13)21-16/h3-6,12H,7-11H2,1-2H3. The van der Waals surface area contributed by atoms with Gasteiger partial charge < -0.3 is 9.80 Å². The molecule has 0 unspecified atom stereocenters. The summed E-state index contributed by atoms with van der Waals surface area (Å²) >= 11 is 1.64. The van der Waals surface area contributed by atoms with Gasteiger partial charge >= 0.3 is 0 Å². The van der Waals surface area contributed by atoms with E-state index in [0.717, 1.165) is 42.5 Å². The third-order valence-corrected chi connectivity index (χ3v) is 5.27. The van der Waals surface area contributed by atoms with Gasteiger partial charge in [0.2, 0.25) is 5.91 Å². The van der Waals surface area contributed by atoms with Gasteiger partial charge in [-0.1, -0.05) is 30.4 Å². The van der Waals surface area contributed by atoms with E-state index < -0.39 is 0 Å². The average molecular weight is 303 g/mol. The number of aromatic nitrogens is 1. The smallest absolute Gasteiger partial charge is 0.242 e. The van der Waals surface area contributed by atoms with Gasteiger partial charge in [0, 0.05) is 20.1 Å². The van der Waals surface area contributed by atoms with Gasteiger partial charge in [-0.05, 0) is 30.9 Å². The first kappa shape index (κ1) is 14.3. The summed E-state index contributed by atoms with van der Waals surface area (Å²) in [5.41, 5.74) is 1.00. The number of fused-ring (bicyclic) bond motifs is 1. The quantitative estimate of drug-likeness (QED) is 0.874. The molecule has 0 N–H and O–H groups in total. The lowest BCUT2D eigenvalue weighted by molar-refractivity contribution is -0.130. The maximum atomic E-state index is 12.4. The van der Waals surface area contributed by atoms with Crippen LogP contribution in [0.3, 0.4) is 0 Å². The van der Waals surface area contributed by atoms with E-state index in [2.05, 4.69) is 18.0 Å². The van der Waals surface area contributed by atoms with Crippen LogP contribution < -0.4 is 4.90 Å². The van der Waals surface area contributed by atoms with Crippen molar-refractivity contribution in [1.29, 1.82) is 0 Å². The summed E-state index contributed by atoms with van der Waals surface area (Å²) in [5, 5.41) is 0.912. The van der Waals surface area contributed by atoms with E-state index in [1.54, 1.807) is 11.3 Å². The Labute approximate surface area is 129 Å². The monoisotopic (exact) mass is 303 g/mol. The first-order valence-electron chi connectivity index (χ1n) is 7.48. The molecule has 0 radical (unpaired) electrons. The molecule has 21 heavy (non-hydrogen) atoms. The van der Waals surface area contributed by atoms with Gasteiger partial charge in [-0.15, -0.1) is 0 Å². The van der Waals surface area contributed by atoms with Crippen LogP contribution in [0.1, 0.15) is 19.8 Å². The lowest BCUT2D eigenvalue weighted by Gasteiger charge is -2.31. The number of piperidine rings is 1. The summed E-state index contributed by atoms with van der Waals surface area (Å²) in [6, 6.07) is 8.09. The fraction of sp³-hybridized carbons (Fsp3) is 0.500. The van der Waals surface area contributed by atoms with Gasteiger partial charge in [0.1, 0.15) is 0 Å². The van der Waals surface area contributed by atoms with Crippen LogP contribution in [0.15, 0.2) is 24.3 Å². The second-order valence-electron chi connectivity index (χ2n) is 5.88. The van der Waals surface area contributed by atoms with Gasteiger partial charge in [0.05, 0.1) is 16.8 Å². The zero-order valence-corrected chi connectivity index (χ0v) is 13.4. The normalized spacial score (nSPS) is 16.4. The molecular formula is C16H21N3OS. The summed E-state index contributed by atoms with van der Waals surface area (Å²) < 4.78 is 1.17. The molecule has 0 saturated carbocycles. The van der Waals surface area contributed by atoms with Crippen molar-refractivity contribution in [2.75, 3.05) is 31.6 Å². The minimum atomic E-state index is 0.212. The molecule has 112 valence electrons. The molecule has 0 bridgehead atoms. The number of likely N-dealkylation sites (N-methyl/N-ethyl adjacent to an activating group) is 1. The number of amides is 1. The number of para-hydroxylation sites is 1. The fourth-order valence-electron chi connectivity index (χ4n) is 2.65. The van der Waals surface area contributed by atoms with E-state index in [1.165, 1.54) is 4.70 Å². The Morgan fingerprint density at radius 1 is 1.38 bits per heavy atom. The maximum Gasteiger partial charge on any atom is 0.242 e. The van der Waals surface area contributed by atoms with Crippen LogP contribution in [0.25, 0.3) is 10.2 Å². The van der Waals surface area contributed by atoms with Crippen molar-refractivity contribution in [2.45, 2.75) is 19.8 Å². The number of anilines is 1. The van der Waals surface area contributed by atoms with E-state index in [9.17, 15) is 4.79 Å². The molecule has 3 rings (SSSR count). The van der Waals surface area contributed by atoms with Crippen molar-refractivity contribution < 1.29 is 4.79 Å². The van der Waals surface area contributed by atoms with Crippen molar-refractivity contribution in [2.24, 2.45) is 5.92 Å². The Morgan fingerprint density at radius 3 is 2.81 bits per heavy atom. The number of carbonyl (C=O) groups excluding carboxylic acids is 1.